The van der Waals surface area contributed by atoms with Gasteiger partial charge in [-0.25, -0.2) is 0 Å². The lowest BCUT2D eigenvalue weighted by atomic mass is 10.1. The summed E-state index contributed by atoms with van der Waals surface area (Å²) in [6, 6.07) is 9.34. The Labute approximate surface area is 129 Å². The van der Waals surface area contributed by atoms with Crippen LogP contribution in [0.2, 0.25) is 5.02 Å². The average molecular weight is 392 g/mol. The van der Waals surface area contributed by atoms with Crippen molar-refractivity contribution in [3.63, 3.8) is 0 Å². The number of hydrogen-bond acceptors (Lipinski definition) is 2. The third kappa shape index (κ3) is 3.46. The Hall–Kier alpha value is -0.590. The van der Waals surface area contributed by atoms with Gasteiger partial charge in [0.2, 0.25) is 0 Å². The maximum absolute atomic E-state index is 12.0. The fraction of sp³-hybridized carbons (Fsp3) is 0.154. The van der Waals surface area contributed by atoms with Gasteiger partial charge < -0.3 is 5.32 Å². The molecule has 1 aromatic heterocycles. The number of hydrogen-bond donors (Lipinski definition) is 1. The molecule has 2 aromatic rings. The van der Waals surface area contributed by atoms with Gasteiger partial charge in [-0.3, -0.25) is 4.79 Å². The molecule has 0 aliphatic rings. The summed E-state index contributed by atoms with van der Waals surface area (Å²) in [4.78, 5) is 12.0. The molecule has 1 heterocycles. The smallest absolute Gasteiger partial charge is 0.252 e. The second kappa shape index (κ2) is 6.04. The van der Waals surface area contributed by atoms with E-state index in [1.165, 1.54) is 0 Å². The molecule has 1 amide bonds. The maximum atomic E-state index is 12.0. The highest BCUT2D eigenvalue weighted by Gasteiger charge is 2.12. The Morgan fingerprint density at radius 2 is 2.22 bits per heavy atom. The summed E-state index contributed by atoms with van der Waals surface area (Å²) in [6.07, 6.45) is 0. The highest BCUT2D eigenvalue weighted by atomic mass is 127. The van der Waals surface area contributed by atoms with Crippen LogP contribution in [-0.2, 0) is 0 Å². The molecule has 2 nitrogen and oxygen atoms in total. The molecule has 1 aromatic carbocycles. The van der Waals surface area contributed by atoms with Crippen molar-refractivity contribution in [3.8, 4) is 0 Å². The van der Waals surface area contributed by atoms with Crippen LogP contribution >= 0.6 is 45.5 Å². The molecular formula is C13H11ClINOS. The average Bonchev–Trinajstić information content (AvgIpc) is 2.76. The van der Waals surface area contributed by atoms with Crippen molar-refractivity contribution >= 4 is 51.4 Å². The minimum Gasteiger partial charge on any atom is -0.345 e. The van der Waals surface area contributed by atoms with Crippen LogP contribution in [0.1, 0.15) is 28.9 Å². The number of nitrogens with one attached hydrogen (secondary N) is 1. The molecule has 18 heavy (non-hydrogen) atoms. The van der Waals surface area contributed by atoms with Gasteiger partial charge in [0.05, 0.1) is 14.5 Å². The molecule has 0 saturated heterocycles. The highest BCUT2D eigenvalue weighted by molar-refractivity contribution is 14.1. The minimum atomic E-state index is -0.0613. The van der Waals surface area contributed by atoms with Crippen LogP contribution in [0.15, 0.2) is 35.7 Å². The summed E-state index contributed by atoms with van der Waals surface area (Å²) in [6.45, 7) is 1.95. The van der Waals surface area contributed by atoms with Crippen LogP contribution in [0.25, 0.3) is 0 Å². The van der Waals surface area contributed by atoms with E-state index in [9.17, 15) is 4.79 Å². The summed E-state index contributed by atoms with van der Waals surface area (Å²) in [7, 11) is 0. The first kappa shape index (κ1) is 13.8. The molecule has 0 saturated carbocycles. The zero-order valence-electron chi connectivity index (χ0n) is 9.61. The lowest BCUT2D eigenvalue weighted by Gasteiger charge is -2.14. The molecule has 0 aliphatic heterocycles. The third-order valence-corrected chi connectivity index (χ3v) is 4.55. The van der Waals surface area contributed by atoms with Gasteiger partial charge in [0.25, 0.3) is 5.91 Å². The molecule has 0 radical (unpaired) electrons. The summed E-state index contributed by atoms with van der Waals surface area (Å²) in [5, 5.41) is 5.50. The SMILES string of the molecule is CC(NC(=O)c1csc(I)c1)c1cccc(Cl)c1. The Morgan fingerprint density at radius 1 is 1.44 bits per heavy atom. The molecule has 94 valence electrons. The zero-order valence-corrected chi connectivity index (χ0v) is 13.3. The van der Waals surface area contributed by atoms with Crippen molar-refractivity contribution in [2.45, 2.75) is 13.0 Å². The third-order valence-electron chi connectivity index (χ3n) is 2.53. The fourth-order valence-electron chi connectivity index (χ4n) is 1.57. The van der Waals surface area contributed by atoms with E-state index in [2.05, 4.69) is 27.9 Å². The summed E-state index contributed by atoms with van der Waals surface area (Å²) >= 11 is 9.70. The first-order valence-corrected chi connectivity index (χ1v) is 7.70. The minimum absolute atomic E-state index is 0.0540. The molecule has 1 unspecified atom stereocenters. The molecule has 0 fully saturated rings. The Balaban J connectivity index is 2.07. The first-order chi connectivity index (χ1) is 8.56. The fourth-order valence-corrected chi connectivity index (χ4v) is 3.09. The van der Waals surface area contributed by atoms with E-state index in [-0.39, 0.29) is 11.9 Å². The lowest BCUT2D eigenvalue weighted by molar-refractivity contribution is 0.0940. The Morgan fingerprint density at radius 3 is 2.83 bits per heavy atom. The summed E-state index contributed by atoms with van der Waals surface area (Å²) in [5.41, 5.74) is 1.71. The number of halogens is 2. The van der Waals surface area contributed by atoms with Gasteiger partial charge in [0.1, 0.15) is 0 Å². The standard InChI is InChI=1S/C13H11ClINOS/c1-8(9-3-2-4-11(14)5-9)16-13(17)10-6-12(15)18-7-10/h2-8H,1H3,(H,16,17). The monoisotopic (exact) mass is 391 g/mol. The van der Waals surface area contributed by atoms with E-state index >= 15 is 0 Å². The van der Waals surface area contributed by atoms with Crippen LogP contribution in [0.5, 0.6) is 0 Å². The van der Waals surface area contributed by atoms with E-state index in [4.69, 9.17) is 11.6 Å². The number of carbonyl (C=O) groups is 1. The predicted octanol–water partition coefficient (Wildman–Crippen LogP) is 4.50. The topological polar surface area (TPSA) is 29.1 Å². The molecule has 1 atom stereocenters. The van der Waals surface area contributed by atoms with Crippen LogP contribution in [0.4, 0.5) is 0 Å². The maximum Gasteiger partial charge on any atom is 0.252 e. The van der Waals surface area contributed by atoms with Crippen molar-refractivity contribution in [1.29, 1.82) is 0 Å². The van der Waals surface area contributed by atoms with Crippen molar-refractivity contribution in [2.75, 3.05) is 0 Å². The summed E-state index contributed by atoms with van der Waals surface area (Å²) < 4.78 is 1.10. The number of thiophene rings is 1. The Bertz CT molecular complexity index is 570. The van der Waals surface area contributed by atoms with E-state index < -0.39 is 0 Å². The Kier molecular flexibility index (Phi) is 4.64. The van der Waals surface area contributed by atoms with Gasteiger partial charge in [0.15, 0.2) is 0 Å². The van der Waals surface area contributed by atoms with Crippen LogP contribution < -0.4 is 5.32 Å². The summed E-state index contributed by atoms with van der Waals surface area (Å²) in [5.74, 6) is -0.0540. The van der Waals surface area contributed by atoms with Gasteiger partial charge >= 0.3 is 0 Å². The van der Waals surface area contributed by atoms with E-state index in [1.807, 2.05) is 42.6 Å². The van der Waals surface area contributed by atoms with Gasteiger partial charge in [-0.15, -0.1) is 11.3 Å². The van der Waals surface area contributed by atoms with Gasteiger partial charge in [-0.05, 0) is 53.3 Å². The number of carbonyl (C=O) groups excluding carboxylic acids is 1. The molecule has 1 N–H and O–H groups in total. The van der Waals surface area contributed by atoms with E-state index in [1.54, 1.807) is 11.3 Å². The molecule has 0 spiro atoms. The van der Waals surface area contributed by atoms with Crippen molar-refractivity contribution < 1.29 is 4.79 Å². The molecule has 0 bridgehead atoms. The first-order valence-electron chi connectivity index (χ1n) is 5.36. The van der Waals surface area contributed by atoms with Gasteiger partial charge in [0, 0.05) is 10.4 Å². The largest absolute Gasteiger partial charge is 0.345 e. The van der Waals surface area contributed by atoms with Gasteiger partial charge in [-0.1, -0.05) is 23.7 Å². The predicted molar refractivity (Wildman–Crippen MR) is 84.4 cm³/mol. The van der Waals surface area contributed by atoms with Crippen LogP contribution in [-0.4, -0.2) is 5.91 Å². The molecular weight excluding hydrogens is 381 g/mol. The number of rotatable bonds is 3. The molecule has 5 heteroatoms. The van der Waals surface area contributed by atoms with Crippen LogP contribution in [0, 0.1) is 2.88 Å². The second-order valence-electron chi connectivity index (χ2n) is 3.89. The van der Waals surface area contributed by atoms with E-state index in [0.29, 0.717) is 10.6 Å². The highest BCUT2D eigenvalue weighted by Crippen LogP contribution is 2.20. The van der Waals surface area contributed by atoms with Crippen LogP contribution in [0.3, 0.4) is 0 Å². The molecule has 2 rings (SSSR count). The van der Waals surface area contributed by atoms with Gasteiger partial charge in [-0.2, -0.15) is 0 Å². The number of amides is 1. The number of benzene rings is 1. The second-order valence-corrected chi connectivity index (χ2v) is 7.13. The van der Waals surface area contributed by atoms with Crippen molar-refractivity contribution in [1.82, 2.24) is 5.32 Å². The van der Waals surface area contributed by atoms with Crippen molar-refractivity contribution in [2.24, 2.45) is 0 Å². The normalized spacial score (nSPS) is 12.2. The zero-order chi connectivity index (χ0) is 13.1. The molecule has 0 aliphatic carbocycles. The quantitative estimate of drug-likeness (QED) is 0.767. The van der Waals surface area contributed by atoms with E-state index in [0.717, 1.165) is 8.45 Å². The van der Waals surface area contributed by atoms with Crippen molar-refractivity contribution in [3.05, 3.63) is 54.7 Å². The lowest BCUT2D eigenvalue weighted by Crippen LogP contribution is -2.26.